The van der Waals surface area contributed by atoms with Gasteiger partial charge in [0.2, 0.25) is 0 Å². The molecule has 0 aliphatic heterocycles. The molecule has 0 amide bonds. The van der Waals surface area contributed by atoms with Crippen LogP contribution in [0.5, 0.6) is 0 Å². The molecule has 0 aliphatic rings. The summed E-state index contributed by atoms with van der Waals surface area (Å²) in [6.45, 7) is 0. The van der Waals surface area contributed by atoms with Crippen LogP contribution in [0.25, 0.3) is 0 Å². The molecule has 272 valence electrons. The van der Waals surface area contributed by atoms with Crippen molar-refractivity contribution in [3.8, 4) is 0 Å². The zero-order valence-corrected chi connectivity index (χ0v) is 34.7. The summed E-state index contributed by atoms with van der Waals surface area (Å²) in [5.74, 6) is 0. The molecular formula is C29H68O12Si4. The third kappa shape index (κ3) is 15.2. The second-order valence-electron chi connectivity index (χ2n) is 11.5. The molecule has 0 aliphatic carbocycles. The van der Waals surface area contributed by atoms with Crippen LogP contribution in [0.1, 0.15) is 77.0 Å². The zero-order valence-electron chi connectivity index (χ0n) is 30.7. The van der Waals surface area contributed by atoms with Crippen LogP contribution in [-0.4, -0.2) is 121 Å². The van der Waals surface area contributed by atoms with E-state index in [0.717, 1.165) is 101 Å². The van der Waals surface area contributed by atoms with E-state index < -0.39 is 35.2 Å². The van der Waals surface area contributed by atoms with Crippen molar-refractivity contribution in [1.82, 2.24) is 0 Å². The van der Waals surface area contributed by atoms with Gasteiger partial charge in [0, 0.05) is 109 Å². The summed E-state index contributed by atoms with van der Waals surface area (Å²) in [7, 11) is 9.68. The second-order valence-corrected chi connectivity index (χ2v) is 23.9. The minimum absolute atomic E-state index is 0.156. The van der Waals surface area contributed by atoms with Gasteiger partial charge in [0.1, 0.15) is 0 Å². The Hall–Kier alpha value is 0.388. The fourth-order valence-corrected chi connectivity index (χ4v) is 13.5. The fourth-order valence-electron chi connectivity index (χ4n) is 6.34. The molecule has 0 fully saturated rings. The van der Waals surface area contributed by atoms with E-state index >= 15 is 0 Å². The van der Waals surface area contributed by atoms with E-state index in [-0.39, 0.29) is 5.41 Å². The van der Waals surface area contributed by atoms with Crippen LogP contribution in [0.2, 0.25) is 24.2 Å². The van der Waals surface area contributed by atoms with Crippen LogP contribution < -0.4 is 0 Å². The van der Waals surface area contributed by atoms with Gasteiger partial charge in [0.15, 0.2) is 0 Å². The quantitative estimate of drug-likeness (QED) is 0.0586. The normalized spacial score (nSPS) is 13.6. The first-order valence-corrected chi connectivity index (χ1v) is 23.9. The van der Waals surface area contributed by atoms with Crippen LogP contribution in [0.15, 0.2) is 0 Å². The number of rotatable bonds is 32. The van der Waals surface area contributed by atoms with Crippen molar-refractivity contribution in [3.05, 3.63) is 0 Å². The largest absolute Gasteiger partial charge is 0.500 e. The van der Waals surface area contributed by atoms with Gasteiger partial charge in [-0.15, -0.1) is 0 Å². The average Bonchev–Trinajstić information content (AvgIpc) is 3.10. The molecule has 0 saturated heterocycles. The number of hydrogen-bond donors (Lipinski definition) is 0. The first-order chi connectivity index (χ1) is 21.6. The van der Waals surface area contributed by atoms with Crippen molar-refractivity contribution in [1.29, 1.82) is 0 Å². The van der Waals surface area contributed by atoms with E-state index in [2.05, 4.69) is 0 Å². The van der Waals surface area contributed by atoms with Crippen LogP contribution in [0, 0.1) is 5.41 Å². The van der Waals surface area contributed by atoms with Gasteiger partial charge in [-0.2, -0.15) is 0 Å². The first-order valence-electron chi connectivity index (χ1n) is 16.2. The van der Waals surface area contributed by atoms with Gasteiger partial charge in [0.05, 0.1) is 0 Å². The molecule has 0 aromatic heterocycles. The van der Waals surface area contributed by atoms with E-state index in [4.69, 9.17) is 53.1 Å². The van der Waals surface area contributed by atoms with Gasteiger partial charge in [0.25, 0.3) is 0 Å². The van der Waals surface area contributed by atoms with Gasteiger partial charge in [-0.25, -0.2) is 0 Å². The van der Waals surface area contributed by atoms with Gasteiger partial charge in [-0.3, -0.25) is 0 Å². The SMILES string of the molecule is CO[Si](CCCCC(CCCC[Si](OC)(OC)OC)(CCCC[Si](OC)(OC)OC)CCCC[Si](OC)(OC)OC)(OC)OC. The molecule has 0 rings (SSSR count). The van der Waals surface area contributed by atoms with Gasteiger partial charge >= 0.3 is 35.2 Å². The highest BCUT2D eigenvalue weighted by Crippen LogP contribution is 2.43. The van der Waals surface area contributed by atoms with Crippen molar-refractivity contribution in [2.75, 3.05) is 85.3 Å². The maximum Gasteiger partial charge on any atom is 0.500 e. The lowest BCUT2D eigenvalue weighted by Gasteiger charge is -2.36. The molecule has 45 heavy (non-hydrogen) atoms. The van der Waals surface area contributed by atoms with E-state index in [1.54, 1.807) is 85.3 Å². The topological polar surface area (TPSA) is 111 Å². The molecule has 0 aromatic carbocycles. The Bertz CT molecular complexity index is 558. The molecular weight excluding hydrogens is 653 g/mol. The van der Waals surface area contributed by atoms with Crippen molar-refractivity contribution in [3.63, 3.8) is 0 Å². The molecule has 16 heteroatoms. The van der Waals surface area contributed by atoms with Crippen LogP contribution in [0.4, 0.5) is 0 Å². The lowest BCUT2D eigenvalue weighted by Crippen LogP contribution is -2.42. The molecule has 0 radical (unpaired) electrons. The Morgan fingerprint density at radius 1 is 0.267 bits per heavy atom. The average molecular weight is 721 g/mol. The van der Waals surface area contributed by atoms with E-state index in [9.17, 15) is 0 Å². The van der Waals surface area contributed by atoms with Gasteiger partial charge in [-0.1, -0.05) is 25.7 Å². The Morgan fingerprint density at radius 2 is 0.422 bits per heavy atom. The van der Waals surface area contributed by atoms with Crippen molar-refractivity contribution in [2.45, 2.75) is 101 Å². The van der Waals surface area contributed by atoms with Gasteiger partial charge < -0.3 is 53.1 Å². The summed E-state index contributed by atoms with van der Waals surface area (Å²) in [5.41, 5.74) is 0.156. The lowest BCUT2D eigenvalue weighted by molar-refractivity contribution is 0.117. The monoisotopic (exact) mass is 720 g/mol. The highest BCUT2D eigenvalue weighted by atomic mass is 28.4. The number of hydrogen-bond acceptors (Lipinski definition) is 12. The zero-order chi connectivity index (χ0) is 34.3. The van der Waals surface area contributed by atoms with Crippen molar-refractivity contribution < 1.29 is 53.1 Å². The van der Waals surface area contributed by atoms with Gasteiger partial charge in [-0.05, 0) is 56.8 Å². The maximum absolute atomic E-state index is 5.70. The van der Waals surface area contributed by atoms with E-state index in [0.29, 0.717) is 0 Å². The molecule has 0 N–H and O–H groups in total. The molecule has 0 unspecified atom stereocenters. The molecule has 0 bridgehead atoms. The fraction of sp³-hybridized carbons (Fsp3) is 1.00. The summed E-state index contributed by atoms with van der Waals surface area (Å²) >= 11 is 0. The molecule has 0 spiro atoms. The van der Waals surface area contributed by atoms with Crippen molar-refractivity contribution in [2.24, 2.45) is 5.41 Å². The van der Waals surface area contributed by atoms with Crippen LogP contribution >= 0.6 is 0 Å². The highest BCUT2D eigenvalue weighted by Gasteiger charge is 2.41. The minimum Gasteiger partial charge on any atom is -0.377 e. The third-order valence-electron chi connectivity index (χ3n) is 9.49. The second kappa shape index (κ2) is 24.5. The summed E-state index contributed by atoms with van der Waals surface area (Å²) in [6, 6.07) is 3.18. The Morgan fingerprint density at radius 3 is 0.556 bits per heavy atom. The summed E-state index contributed by atoms with van der Waals surface area (Å²) < 4.78 is 68.4. The Labute approximate surface area is 279 Å². The predicted molar refractivity (Wildman–Crippen MR) is 184 cm³/mol. The van der Waals surface area contributed by atoms with E-state index in [1.165, 1.54) is 0 Å². The highest BCUT2D eigenvalue weighted by molar-refractivity contribution is 6.61. The summed E-state index contributed by atoms with van der Waals surface area (Å²) in [5, 5.41) is 0. The summed E-state index contributed by atoms with van der Waals surface area (Å²) in [6.07, 6.45) is 12.6. The van der Waals surface area contributed by atoms with E-state index in [1.807, 2.05) is 0 Å². The first kappa shape index (κ1) is 45.4. The standard InChI is InChI=1S/C29H68O12Si4/c1-30-42(31-2,32-3)25-17-13-21-29(22-14-18-26-43(33-4,34-5)35-6,23-15-19-27-44(36-7,37-8)38-9)24-16-20-28-45(39-10,40-11)41-12/h13-28H2,1-12H3. The van der Waals surface area contributed by atoms with Crippen molar-refractivity contribution >= 4 is 35.2 Å². The lowest BCUT2D eigenvalue weighted by atomic mass is 9.71. The maximum atomic E-state index is 5.70. The Balaban J connectivity index is 5.91. The Kier molecular flexibility index (Phi) is 24.7. The third-order valence-corrected chi connectivity index (χ3v) is 20.8. The molecule has 12 nitrogen and oxygen atoms in total. The predicted octanol–water partition coefficient (Wildman–Crippen LogP) is 6.17. The molecule has 0 aromatic rings. The minimum atomic E-state index is -2.62. The van der Waals surface area contributed by atoms with Crippen LogP contribution in [-0.2, 0) is 53.1 Å². The number of unbranched alkanes of at least 4 members (excludes halogenated alkanes) is 4. The molecule has 0 saturated carbocycles. The molecule has 0 heterocycles. The van der Waals surface area contributed by atoms with Crippen LogP contribution in [0.3, 0.4) is 0 Å². The molecule has 0 atom stereocenters. The summed E-state index contributed by atoms with van der Waals surface area (Å²) in [4.78, 5) is 0. The smallest absolute Gasteiger partial charge is 0.377 e.